The number of hydrogen-bond acceptors (Lipinski definition) is 4. The molecule has 2 aromatic rings. The lowest BCUT2D eigenvalue weighted by molar-refractivity contribution is 0.355. The van der Waals surface area contributed by atoms with Crippen LogP contribution in [0.3, 0.4) is 0 Å². The first-order chi connectivity index (χ1) is 11.1. The summed E-state index contributed by atoms with van der Waals surface area (Å²) < 4.78 is 10.7. The van der Waals surface area contributed by atoms with Gasteiger partial charge in [0.2, 0.25) is 0 Å². The monoisotopic (exact) mass is 328 g/mol. The lowest BCUT2D eigenvalue weighted by atomic mass is 9.94. The second-order valence-electron chi connectivity index (χ2n) is 5.12. The standard InChI is InChI=1S/C18H17ClN2O2/c1-10-12-8-15(22-2)16(23-3)9-14(12)21-18(17(10)20)11-6-4-5-7-13(11)19/h4-9,21H,1,20H2,2-3H3. The molecule has 0 bridgehead atoms. The van der Waals surface area contributed by atoms with E-state index in [1.54, 1.807) is 14.2 Å². The van der Waals surface area contributed by atoms with Crippen molar-refractivity contribution in [2.24, 2.45) is 5.73 Å². The molecule has 0 saturated carbocycles. The summed E-state index contributed by atoms with van der Waals surface area (Å²) in [5.41, 5.74) is 10.8. The Morgan fingerprint density at radius 1 is 1.04 bits per heavy atom. The number of halogens is 1. The van der Waals surface area contributed by atoms with Crippen LogP contribution in [0.5, 0.6) is 11.5 Å². The third-order valence-electron chi connectivity index (χ3n) is 3.85. The molecule has 0 fully saturated rings. The SMILES string of the molecule is C=C1C(N)=C(c2ccccc2Cl)Nc2cc(OC)c(OC)cc21. The van der Waals surface area contributed by atoms with E-state index in [1.165, 1.54) is 0 Å². The van der Waals surface area contributed by atoms with Crippen LogP contribution in [0, 0.1) is 0 Å². The number of ether oxygens (including phenoxy) is 2. The summed E-state index contributed by atoms with van der Waals surface area (Å²) in [4.78, 5) is 0. The molecule has 4 nitrogen and oxygen atoms in total. The quantitative estimate of drug-likeness (QED) is 0.889. The Labute approximate surface area is 140 Å². The highest BCUT2D eigenvalue weighted by Gasteiger charge is 2.24. The van der Waals surface area contributed by atoms with Crippen LogP contribution in [0.15, 0.2) is 48.7 Å². The van der Waals surface area contributed by atoms with Crippen LogP contribution < -0.4 is 20.5 Å². The van der Waals surface area contributed by atoms with Crippen LogP contribution in [0.4, 0.5) is 5.69 Å². The Morgan fingerprint density at radius 3 is 2.35 bits per heavy atom. The molecule has 0 radical (unpaired) electrons. The van der Waals surface area contributed by atoms with E-state index < -0.39 is 0 Å². The second kappa shape index (κ2) is 5.89. The van der Waals surface area contributed by atoms with Crippen molar-refractivity contribution in [2.45, 2.75) is 0 Å². The van der Waals surface area contributed by atoms with Gasteiger partial charge in [-0.15, -0.1) is 0 Å². The van der Waals surface area contributed by atoms with E-state index >= 15 is 0 Å². The highest BCUT2D eigenvalue weighted by Crippen LogP contribution is 2.43. The third-order valence-corrected chi connectivity index (χ3v) is 4.18. The Morgan fingerprint density at radius 2 is 1.70 bits per heavy atom. The Kier molecular flexibility index (Phi) is 3.92. The van der Waals surface area contributed by atoms with Crippen molar-refractivity contribution < 1.29 is 9.47 Å². The molecule has 0 saturated heterocycles. The second-order valence-corrected chi connectivity index (χ2v) is 5.53. The number of methoxy groups -OCH3 is 2. The molecule has 0 aromatic heterocycles. The van der Waals surface area contributed by atoms with E-state index in [1.807, 2.05) is 36.4 Å². The lowest BCUT2D eigenvalue weighted by Crippen LogP contribution is -2.17. The van der Waals surface area contributed by atoms with E-state index in [0.717, 1.165) is 28.1 Å². The van der Waals surface area contributed by atoms with Crippen molar-refractivity contribution >= 4 is 28.6 Å². The Bertz CT molecular complexity index is 828. The predicted octanol–water partition coefficient (Wildman–Crippen LogP) is 4.12. The molecule has 3 N–H and O–H groups in total. The molecular formula is C18H17ClN2O2. The van der Waals surface area contributed by atoms with Gasteiger partial charge < -0.3 is 20.5 Å². The summed E-state index contributed by atoms with van der Waals surface area (Å²) in [7, 11) is 3.19. The first kappa shape index (κ1) is 15.3. The molecule has 3 rings (SSSR count). The van der Waals surface area contributed by atoms with Crippen LogP contribution >= 0.6 is 11.6 Å². The average Bonchev–Trinajstić information content (AvgIpc) is 2.57. The normalized spacial score (nSPS) is 13.4. The van der Waals surface area contributed by atoms with Gasteiger partial charge in [0.25, 0.3) is 0 Å². The van der Waals surface area contributed by atoms with Gasteiger partial charge in [-0.1, -0.05) is 36.4 Å². The minimum Gasteiger partial charge on any atom is -0.493 e. The third kappa shape index (κ3) is 2.51. The summed E-state index contributed by atoms with van der Waals surface area (Å²) in [5.74, 6) is 1.26. The van der Waals surface area contributed by atoms with Crippen molar-refractivity contribution in [3.8, 4) is 11.5 Å². The molecular weight excluding hydrogens is 312 g/mol. The van der Waals surface area contributed by atoms with Crippen LogP contribution in [0.25, 0.3) is 11.3 Å². The number of nitrogens with one attached hydrogen (secondary N) is 1. The van der Waals surface area contributed by atoms with Crippen molar-refractivity contribution in [3.05, 3.63) is 64.8 Å². The highest BCUT2D eigenvalue weighted by molar-refractivity contribution is 6.32. The number of fused-ring (bicyclic) bond motifs is 1. The van der Waals surface area contributed by atoms with Gasteiger partial charge in [-0.3, -0.25) is 0 Å². The van der Waals surface area contributed by atoms with Crippen molar-refractivity contribution in [3.63, 3.8) is 0 Å². The Hall–Kier alpha value is -2.59. The van der Waals surface area contributed by atoms with Gasteiger partial charge in [0, 0.05) is 27.8 Å². The minimum atomic E-state index is 0.554. The van der Waals surface area contributed by atoms with Crippen molar-refractivity contribution in [1.29, 1.82) is 0 Å². The summed E-state index contributed by atoms with van der Waals surface area (Å²) in [6.07, 6.45) is 0. The van der Waals surface area contributed by atoms with Crippen LogP contribution in [-0.2, 0) is 0 Å². The smallest absolute Gasteiger partial charge is 0.162 e. The number of hydrogen-bond donors (Lipinski definition) is 2. The molecule has 23 heavy (non-hydrogen) atoms. The predicted molar refractivity (Wildman–Crippen MR) is 94.8 cm³/mol. The van der Waals surface area contributed by atoms with Crippen LogP contribution in [0.1, 0.15) is 11.1 Å². The number of allylic oxidation sites excluding steroid dienone is 1. The summed E-state index contributed by atoms with van der Waals surface area (Å²) in [6.45, 7) is 4.11. The minimum absolute atomic E-state index is 0.554. The van der Waals surface area contributed by atoms with Crippen LogP contribution in [-0.4, -0.2) is 14.2 Å². The maximum absolute atomic E-state index is 6.30. The van der Waals surface area contributed by atoms with Gasteiger partial charge in [0.15, 0.2) is 11.5 Å². The molecule has 5 heteroatoms. The molecule has 0 aliphatic carbocycles. The first-order valence-corrected chi connectivity index (χ1v) is 7.42. The topological polar surface area (TPSA) is 56.5 Å². The summed E-state index contributed by atoms with van der Waals surface area (Å²) in [6, 6.07) is 11.3. The fraction of sp³-hybridized carbons (Fsp3) is 0.111. The van der Waals surface area contributed by atoms with E-state index in [4.69, 9.17) is 26.8 Å². The zero-order valence-corrected chi connectivity index (χ0v) is 13.7. The van der Waals surface area contributed by atoms with E-state index in [9.17, 15) is 0 Å². The molecule has 2 aromatic carbocycles. The molecule has 118 valence electrons. The van der Waals surface area contributed by atoms with Gasteiger partial charge in [0.05, 0.1) is 31.3 Å². The summed E-state index contributed by atoms with van der Waals surface area (Å²) in [5, 5.41) is 3.95. The average molecular weight is 329 g/mol. The lowest BCUT2D eigenvalue weighted by Gasteiger charge is -2.26. The Balaban J connectivity index is 2.15. The van der Waals surface area contributed by atoms with E-state index in [0.29, 0.717) is 22.2 Å². The van der Waals surface area contributed by atoms with Gasteiger partial charge in [-0.05, 0) is 12.1 Å². The van der Waals surface area contributed by atoms with Crippen molar-refractivity contribution in [1.82, 2.24) is 0 Å². The number of nitrogens with two attached hydrogens (primary N) is 1. The molecule has 1 aliphatic rings. The maximum Gasteiger partial charge on any atom is 0.162 e. The van der Waals surface area contributed by atoms with E-state index in [-0.39, 0.29) is 0 Å². The number of rotatable bonds is 3. The van der Waals surface area contributed by atoms with Crippen LogP contribution in [0.2, 0.25) is 5.02 Å². The first-order valence-electron chi connectivity index (χ1n) is 7.04. The molecule has 1 heterocycles. The number of benzene rings is 2. The number of anilines is 1. The highest BCUT2D eigenvalue weighted by atomic mass is 35.5. The fourth-order valence-electron chi connectivity index (χ4n) is 2.61. The molecule has 1 aliphatic heterocycles. The maximum atomic E-state index is 6.30. The van der Waals surface area contributed by atoms with Gasteiger partial charge in [0.1, 0.15) is 0 Å². The van der Waals surface area contributed by atoms with Gasteiger partial charge in [-0.25, -0.2) is 0 Å². The van der Waals surface area contributed by atoms with Gasteiger partial charge in [-0.2, -0.15) is 0 Å². The fourth-order valence-corrected chi connectivity index (χ4v) is 2.84. The molecule has 0 atom stereocenters. The largest absolute Gasteiger partial charge is 0.493 e. The summed E-state index contributed by atoms with van der Waals surface area (Å²) >= 11 is 6.30. The molecule has 0 unspecified atom stereocenters. The molecule has 0 spiro atoms. The molecule has 0 amide bonds. The zero-order valence-electron chi connectivity index (χ0n) is 12.9. The van der Waals surface area contributed by atoms with E-state index in [2.05, 4.69) is 11.9 Å². The zero-order chi connectivity index (χ0) is 16.6. The van der Waals surface area contributed by atoms with Gasteiger partial charge >= 0.3 is 0 Å². The van der Waals surface area contributed by atoms with Crippen molar-refractivity contribution in [2.75, 3.05) is 19.5 Å².